The molecule has 1 fully saturated rings. The molecule has 1 aromatic rings. The molecule has 21 heavy (non-hydrogen) atoms. The van der Waals surface area contributed by atoms with Gasteiger partial charge in [-0.3, -0.25) is 14.3 Å². The van der Waals surface area contributed by atoms with Crippen molar-refractivity contribution >= 4 is 0 Å². The van der Waals surface area contributed by atoms with Gasteiger partial charge in [0.25, 0.3) is 5.56 Å². The average molecular weight is 295 g/mol. The Balaban J connectivity index is 2.61. The Labute approximate surface area is 120 Å². The van der Waals surface area contributed by atoms with Crippen LogP contribution in [0, 0.1) is 19.3 Å². The number of nitrogens with zero attached hydrogens (tertiary/aromatic N) is 1. The van der Waals surface area contributed by atoms with Crippen LogP contribution in [-0.2, 0) is 4.74 Å². The number of aliphatic hydroxyl groups is 2. The minimum atomic E-state index is -1.71. The van der Waals surface area contributed by atoms with Gasteiger partial charge >= 0.3 is 5.69 Å². The summed E-state index contributed by atoms with van der Waals surface area (Å²) in [6, 6.07) is 1.18. The van der Waals surface area contributed by atoms with Crippen LogP contribution in [0.2, 0.25) is 0 Å². The van der Waals surface area contributed by atoms with Gasteiger partial charge in [-0.15, -0.1) is 6.42 Å². The number of terminal acetylenes is 1. The highest BCUT2D eigenvalue weighted by atomic mass is 16.5. The highest BCUT2D eigenvalue weighted by Gasteiger charge is 2.55. The largest absolute Gasteiger partial charge is 0.391 e. The molecule has 5 atom stereocenters. The van der Waals surface area contributed by atoms with Crippen molar-refractivity contribution in [1.82, 2.24) is 9.55 Å². The summed E-state index contributed by atoms with van der Waals surface area (Å²) >= 11 is 0. The first kappa shape index (κ1) is 15.5. The molecule has 1 unspecified atom stereocenters. The molecule has 1 saturated heterocycles. The Morgan fingerprint density at radius 2 is 2.24 bits per heavy atom. The highest BCUT2D eigenvalue weighted by molar-refractivity contribution is 5.24. The van der Waals surface area contributed by atoms with Gasteiger partial charge in [0.1, 0.15) is 12.2 Å². The van der Waals surface area contributed by atoms with Gasteiger partial charge < -0.3 is 20.7 Å². The molecule has 0 radical (unpaired) electrons. The van der Waals surface area contributed by atoms with Crippen molar-refractivity contribution in [2.45, 2.75) is 43.9 Å². The third kappa shape index (κ3) is 2.30. The van der Waals surface area contributed by atoms with Crippen molar-refractivity contribution in [3.63, 3.8) is 0 Å². The summed E-state index contributed by atoms with van der Waals surface area (Å²) in [4.78, 5) is 25.4. The van der Waals surface area contributed by atoms with Gasteiger partial charge in [0.2, 0.25) is 0 Å². The van der Waals surface area contributed by atoms with Crippen molar-refractivity contribution in [2.75, 3.05) is 0 Å². The molecule has 8 heteroatoms. The van der Waals surface area contributed by atoms with E-state index in [0.29, 0.717) is 0 Å². The highest BCUT2D eigenvalue weighted by Crippen LogP contribution is 2.37. The summed E-state index contributed by atoms with van der Waals surface area (Å²) in [5.41, 5.74) is 3.25. The molecular weight excluding hydrogens is 278 g/mol. The monoisotopic (exact) mass is 295 g/mol. The van der Waals surface area contributed by atoms with E-state index in [2.05, 4.69) is 10.9 Å². The SMILES string of the molecule is C#C[C@@]1(N)C(O)[C@@H]([C@H](C)O)O[C@H]1n1c(C)cc(=O)[nH]c1=O. The van der Waals surface area contributed by atoms with Gasteiger partial charge in [-0.25, -0.2) is 4.79 Å². The van der Waals surface area contributed by atoms with Gasteiger partial charge in [-0.1, -0.05) is 5.92 Å². The first-order valence-electron chi connectivity index (χ1n) is 6.33. The molecule has 1 aromatic heterocycles. The zero-order chi connectivity index (χ0) is 15.9. The minimum absolute atomic E-state index is 0.275. The third-order valence-corrected chi connectivity index (χ3v) is 3.62. The summed E-state index contributed by atoms with van der Waals surface area (Å²) in [5.74, 6) is 2.23. The maximum absolute atomic E-state index is 12.0. The van der Waals surface area contributed by atoms with Crippen LogP contribution in [0.15, 0.2) is 15.7 Å². The molecule has 2 heterocycles. The minimum Gasteiger partial charge on any atom is -0.391 e. The van der Waals surface area contributed by atoms with Crippen molar-refractivity contribution in [3.8, 4) is 12.3 Å². The topological polar surface area (TPSA) is 131 Å². The quantitative estimate of drug-likeness (QED) is 0.459. The zero-order valence-electron chi connectivity index (χ0n) is 11.6. The number of hydrogen-bond donors (Lipinski definition) is 4. The predicted molar refractivity (Wildman–Crippen MR) is 73.4 cm³/mol. The summed E-state index contributed by atoms with van der Waals surface area (Å²) in [7, 11) is 0. The van der Waals surface area contributed by atoms with E-state index in [1.165, 1.54) is 19.9 Å². The molecule has 0 aliphatic carbocycles. The fourth-order valence-electron chi connectivity index (χ4n) is 2.47. The number of aryl methyl sites for hydroxylation is 1. The molecule has 0 aromatic carbocycles. The Morgan fingerprint density at radius 1 is 1.62 bits per heavy atom. The molecule has 5 N–H and O–H groups in total. The number of aromatic amines is 1. The molecule has 0 bridgehead atoms. The van der Waals surface area contributed by atoms with Crippen LogP contribution in [0.25, 0.3) is 0 Å². The van der Waals surface area contributed by atoms with Crippen LogP contribution in [0.3, 0.4) is 0 Å². The molecule has 114 valence electrons. The van der Waals surface area contributed by atoms with Gasteiger partial charge in [-0.2, -0.15) is 0 Å². The van der Waals surface area contributed by atoms with Crippen molar-refractivity contribution in [3.05, 3.63) is 32.6 Å². The van der Waals surface area contributed by atoms with Gasteiger partial charge in [-0.05, 0) is 13.8 Å². The van der Waals surface area contributed by atoms with Crippen molar-refractivity contribution < 1.29 is 14.9 Å². The number of ether oxygens (including phenoxy) is 1. The fraction of sp³-hybridized carbons (Fsp3) is 0.538. The summed E-state index contributed by atoms with van der Waals surface area (Å²) in [6.07, 6.45) is 0.729. The second-order valence-electron chi connectivity index (χ2n) is 5.17. The van der Waals surface area contributed by atoms with Gasteiger partial charge in [0.15, 0.2) is 11.8 Å². The Kier molecular flexibility index (Phi) is 3.78. The van der Waals surface area contributed by atoms with Crippen LogP contribution in [0.1, 0.15) is 18.8 Å². The Hall–Kier alpha value is -1.92. The van der Waals surface area contributed by atoms with E-state index >= 15 is 0 Å². The number of hydrogen-bond acceptors (Lipinski definition) is 6. The number of aliphatic hydroxyl groups excluding tert-OH is 2. The third-order valence-electron chi connectivity index (χ3n) is 3.62. The van der Waals surface area contributed by atoms with Crippen LogP contribution < -0.4 is 17.0 Å². The van der Waals surface area contributed by atoms with Crippen LogP contribution in [0.4, 0.5) is 0 Å². The van der Waals surface area contributed by atoms with E-state index < -0.39 is 41.3 Å². The van der Waals surface area contributed by atoms with E-state index in [9.17, 15) is 19.8 Å². The average Bonchev–Trinajstić information content (AvgIpc) is 2.63. The second kappa shape index (κ2) is 5.13. The zero-order valence-corrected chi connectivity index (χ0v) is 11.6. The van der Waals surface area contributed by atoms with E-state index in [1.807, 2.05) is 0 Å². The van der Waals surface area contributed by atoms with E-state index in [-0.39, 0.29) is 5.69 Å². The standard InChI is InChI=1S/C13H17N3O5/c1-4-13(14)10(19)9(7(3)17)21-11(13)16-6(2)5-8(18)15-12(16)20/h1,5,7,9-11,17,19H,14H2,2-3H3,(H,15,18,20)/t7-,9+,10?,11+,13+/m0/s1. The Morgan fingerprint density at radius 3 is 2.71 bits per heavy atom. The smallest absolute Gasteiger partial charge is 0.330 e. The first-order chi connectivity index (χ1) is 9.72. The fourth-order valence-corrected chi connectivity index (χ4v) is 2.47. The number of H-pyrrole nitrogens is 1. The van der Waals surface area contributed by atoms with Crippen molar-refractivity contribution in [1.29, 1.82) is 0 Å². The normalized spacial score (nSPS) is 33.6. The van der Waals surface area contributed by atoms with E-state index in [1.54, 1.807) is 0 Å². The molecule has 8 nitrogen and oxygen atoms in total. The maximum Gasteiger partial charge on any atom is 0.330 e. The lowest BCUT2D eigenvalue weighted by atomic mass is 9.90. The number of aromatic nitrogens is 2. The first-order valence-corrected chi connectivity index (χ1v) is 6.33. The Bertz CT molecular complexity index is 701. The van der Waals surface area contributed by atoms with Crippen LogP contribution in [0.5, 0.6) is 0 Å². The molecule has 0 amide bonds. The predicted octanol–water partition coefficient (Wildman–Crippen LogP) is -2.19. The van der Waals surface area contributed by atoms with E-state index in [0.717, 1.165) is 4.57 Å². The molecule has 0 saturated carbocycles. The summed E-state index contributed by atoms with van der Waals surface area (Å²) in [6.45, 7) is 2.93. The molecular formula is C13H17N3O5. The summed E-state index contributed by atoms with van der Waals surface area (Å²) in [5, 5.41) is 19.9. The summed E-state index contributed by atoms with van der Waals surface area (Å²) < 4.78 is 6.57. The molecule has 0 spiro atoms. The lowest BCUT2D eigenvalue weighted by molar-refractivity contribution is -0.0784. The number of nitrogens with one attached hydrogen (secondary N) is 1. The van der Waals surface area contributed by atoms with Gasteiger partial charge in [0, 0.05) is 11.8 Å². The molecule has 1 aliphatic heterocycles. The number of nitrogens with two attached hydrogens (primary N) is 1. The van der Waals surface area contributed by atoms with Gasteiger partial charge in [0.05, 0.1) is 6.10 Å². The molecule has 1 aliphatic rings. The van der Waals surface area contributed by atoms with Crippen LogP contribution in [-0.4, -0.2) is 43.6 Å². The second-order valence-corrected chi connectivity index (χ2v) is 5.17. The maximum atomic E-state index is 12.0. The lowest BCUT2D eigenvalue weighted by Crippen LogP contribution is -2.56. The lowest BCUT2D eigenvalue weighted by Gasteiger charge is -2.28. The van der Waals surface area contributed by atoms with Crippen molar-refractivity contribution in [2.24, 2.45) is 5.73 Å². The molecule has 2 rings (SSSR count). The van der Waals surface area contributed by atoms with E-state index in [4.69, 9.17) is 16.9 Å². The van der Waals surface area contributed by atoms with Crippen LogP contribution >= 0.6 is 0 Å². The number of rotatable bonds is 2.